The summed E-state index contributed by atoms with van der Waals surface area (Å²) in [6.45, 7) is 0.305. The van der Waals surface area contributed by atoms with Crippen LogP contribution >= 0.6 is 23.2 Å². The SMILES string of the molecule is O=C1OCC(CCl)C(CCl)O1. The van der Waals surface area contributed by atoms with Crippen molar-refractivity contribution in [2.24, 2.45) is 5.92 Å². The Morgan fingerprint density at radius 1 is 1.45 bits per heavy atom. The number of alkyl halides is 2. The number of cyclic esters (lactones) is 2. The van der Waals surface area contributed by atoms with Crippen LogP contribution in [0.15, 0.2) is 0 Å². The average Bonchev–Trinajstić information content (AvgIpc) is 2.04. The zero-order valence-electron chi connectivity index (χ0n) is 5.76. The maximum Gasteiger partial charge on any atom is 0.508 e. The summed E-state index contributed by atoms with van der Waals surface area (Å²) < 4.78 is 9.37. The lowest BCUT2D eigenvalue weighted by Crippen LogP contribution is -2.38. The van der Waals surface area contributed by atoms with Gasteiger partial charge in [-0.2, -0.15) is 0 Å². The highest BCUT2D eigenvalue weighted by Crippen LogP contribution is 2.18. The minimum absolute atomic E-state index is 0.0202. The van der Waals surface area contributed by atoms with Crippen LogP contribution in [0.3, 0.4) is 0 Å². The second kappa shape index (κ2) is 4.02. The van der Waals surface area contributed by atoms with Crippen LogP contribution in [0, 0.1) is 5.92 Å². The van der Waals surface area contributed by atoms with Gasteiger partial charge in [-0.15, -0.1) is 23.2 Å². The number of hydrogen-bond acceptors (Lipinski definition) is 3. The highest BCUT2D eigenvalue weighted by molar-refractivity contribution is 6.19. The first-order valence-electron chi connectivity index (χ1n) is 3.23. The summed E-state index contributed by atoms with van der Waals surface area (Å²) in [5.41, 5.74) is 0. The van der Waals surface area contributed by atoms with Gasteiger partial charge in [0.1, 0.15) is 12.7 Å². The van der Waals surface area contributed by atoms with Gasteiger partial charge in [0.05, 0.1) is 5.88 Å². The van der Waals surface area contributed by atoms with Crippen LogP contribution in [0.4, 0.5) is 4.79 Å². The van der Waals surface area contributed by atoms with E-state index in [0.717, 1.165) is 0 Å². The first kappa shape index (κ1) is 8.94. The fourth-order valence-electron chi connectivity index (χ4n) is 0.838. The highest BCUT2D eigenvalue weighted by atomic mass is 35.5. The second-order valence-electron chi connectivity index (χ2n) is 2.29. The maximum absolute atomic E-state index is 10.5. The molecule has 1 aliphatic rings. The Bertz CT molecular complexity index is 151. The topological polar surface area (TPSA) is 35.5 Å². The van der Waals surface area contributed by atoms with Crippen molar-refractivity contribution in [3.05, 3.63) is 0 Å². The molecule has 1 saturated heterocycles. The molecule has 0 saturated carbocycles. The van der Waals surface area contributed by atoms with E-state index >= 15 is 0 Å². The van der Waals surface area contributed by atoms with Gasteiger partial charge in [-0.05, 0) is 0 Å². The van der Waals surface area contributed by atoms with Gasteiger partial charge in [0.25, 0.3) is 0 Å². The summed E-state index contributed by atoms with van der Waals surface area (Å²) in [6.07, 6.45) is -0.951. The number of halogens is 2. The van der Waals surface area contributed by atoms with Gasteiger partial charge in [0, 0.05) is 11.8 Å². The molecule has 0 aromatic carbocycles. The molecule has 0 aliphatic carbocycles. The second-order valence-corrected chi connectivity index (χ2v) is 2.90. The molecule has 0 N–H and O–H groups in total. The first-order valence-corrected chi connectivity index (χ1v) is 4.30. The van der Waals surface area contributed by atoms with E-state index in [0.29, 0.717) is 12.5 Å². The number of hydrogen-bond donors (Lipinski definition) is 0. The molecule has 1 aliphatic heterocycles. The van der Waals surface area contributed by atoms with Gasteiger partial charge < -0.3 is 9.47 Å². The highest BCUT2D eigenvalue weighted by Gasteiger charge is 2.30. The fourth-order valence-corrected chi connectivity index (χ4v) is 1.44. The van der Waals surface area contributed by atoms with Crippen LogP contribution < -0.4 is 0 Å². The van der Waals surface area contributed by atoms with Crippen molar-refractivity contribution in [3.8, 4) is 0 Å². The summed E-state index contributed by atoms with van der Waals surface area (Å²) in [5, 5.41) is 0. The molecular formula is C6H8Cl2O3. The Morgan fingerprint density at radius 3 is 2.73 bits per heavy atom. The van der Waals surface area contributed by atoms with Crippen LogP contribution in [-0.4, -0.2) is 30.6 Å². The van der Waals surface area contributed by atoms with Gasteiger partial charge >= 0.3 is 6.16 Å². The van der Waals surface area contributed by atoms with Gasteiger partial charge in [-0.25, -0.2) is 4.79 Å². The summed E-state index contributed by atoms with van der Waals surface area (Å²) >= 11 is 11.1. The molecule has 11 heavy (non-hydrogen) atoms. The summed E-state index contributed by atoms with van der Waals surface area (Å²) in [5.74, 6) is 0.684. The summed E-state index contributed by atoms with van der Waals surface area (Å²) in [7, 11) is 0. The van der Waals surface area contributed by atoms with E-state index in [-0.39, 0.29) is 17.9 Å². The van der Waals surface area contributed by atoms with Crippen molar-refractivity contribution in [3.63, 3.8) is 0 Å². The Morgan fingerprint density at radius 2 is 2.18 bits per heavy atom. The van der Waals surface area contributed by atoms with Gasteiger partial charge in [-0.3, -0.25) is 0 Å². The first-order chi connectivity index (χ1) is 5.27. The molecule has 64 valence electrons. The van der Waals surface area contributed by atoms with Crippen molar-refractivity contribution in [2.75, 3.05) is 18.4 Å². The number of ether oxygens (including phenoxy) is 2. The zero-order chi connectivity index (χ0) is 8.27. The molecule has 2 unspecified atom stereocenters. The van der Waals surface area contributed by atoms with Crippen LogP contribution in [-0.2, 0) is 9.47 Å². The Balaban J connectivity index is 2.48. The number of rotatable bonds is 2. The molecule has 2 atom stereocenters. The lowest BCUT2D eigenvalue weighted by atomic mass is 10.1. The van der Waals surface area contributed by atoms with E-state index in [2.05, 4.69) is 4.74 Å². The molecule has 0 radical (unpaired) electrons. The lowest BCUT2D eigenvalue weighted by molar-refractivity contribution is -0.0436. The minimum Gasteiger partial charge on any atom is -0.434 e. The van der Waals surface area contributed by atoms with Crippen molar-refractivity contribution in [2.45, 2.75) is 6.10 Å². The lowest BCUT2D eigenvalue weighted by Gasteiger charge is -2.27. The molecular weight excluding hydrogens is 191 g/mol. The van der Waals surface area contributed by atoms with Crippen LogP contribution in [0.1, 0.15) is 0 Å². The van der Waals surface area contributed by atoms with Crippen LogP contribution in [0.2, 0.25) is 0 Å². The smallest absolute Gasteiger partial charge is 0.434 e. The minimum atomic E-state index is -0.656. The molecule has 5 heteroatoms. The van der Waals surface area contributed by atoms with Crippen molar-refractivity contribution < 1.29 is 14.3 Å². The predicted octanol–water partition coefficient (Wildman–Crippen LogP) is 1.62. The number of carbonyl (C=O) groups excluding carboxylic acids is 1. The summed E-state index contributed by atoms with van der Waals surface area (Å²) in [4.78, 5) is 10.5. The molecule has 0 amide bonds. The molecule has 0 bridgehead atoms. The van der Waals surface area contributed by atoms with Gasteiger partial charge in [-0.1, -0.05) is 0 Å². The van der Waals surface area contributed by atoms with E-state index in [1.165, 1.54) is 0 Å². The normalized spacial score (nSPS) is 30.9. The fraction of sp³-hybridized carbons (Fsp3) is 0.833. The van der Waals surface area contributed by atoms with E-state index in [4.69, 9.17) is 27.9 Å². The molecule has 1 rings (SSSR count). The standard InChI is InChI=1S/C6H8Cl2O3/c7-1-4-3-10-6(9)11-5(4)2-8/h4-5H,1-3H2. The molecule has 0 aromatic heterocycles. The van der Waals surface area contributed by atoms with E-state index < -0.39 is 6.16 Å². The Hall–Kier alpha value is -0.150. The van der Waals surface area contributed by atoms with Crippen molar-refractivity contribution in [1.82, 2.24) is 0 Å². The molecule has 1 fully saturated rings. The molecule has 0 spiro atoms. The van der Waals surface area contributed by atoms with Gasteiger partial charge in [0.2, 0.25) is 0 Å². The van der Waals surface area contributed by atoms with Crippen LogP contribution in [0.25, 0.3) is 0 Å². The molecule has 1 heterocycles. The third-order valence-corrected chi connectivity index (χ3v) is 2.24. The Labute approximate surface area is 74.6 Å². The largest absolute Gasteiger partial charge is 0.508 e. The Kier molecular flexibility index (Phi) is 3.27. The monoisotopic (exact) mass is 198 g/mol. The van der Waals surface area contributed by atoms with Crippen LogP contribution in [0.5, 0.6) is 0 Å². The molecule has 3 nitrogen and oxygen atoms in total. The molecule has 0 aromatic rings. The van der Waals surface area contributed by atoms with Crippen molar-refractivity contribution in [1.29, 1.82) is 0 Å². The van der Waals surface area contributed by atoms with Gasteiger partial charge in [0.15, 0.2) is 0 Å². The van der Waals surface area contributed by atoms with E-state index in [1.807, 2.05) is 0 Å². The predicted molar refractivity (Wildman–Crippen MR) is 41.2 cm³/mol. The third-order valence-electron chi connectivity index (χ3n) is 1.54. The summed E-state index contributed by atoms with van der Waals surface area (Å²) in [6, 6.07) is 0. The van der Waals surface area contributed by atoms with Crippen molar-refractivity contribution >= 4 is 29.4 Å². The quantitative estimate of drug-likeness (QED) is 0.500. The average molecular weight is 199 g/mol. The third kappa shape index (κ3) is 2.14. The zero-order valence-corrected chi connectivity index (χ0v) is 7.27. The maximum atomic E-state index is 10.5. The van der Waals surface area contributed by atoms with E-state index in [1.54, 1.807) is 0 Å². The number of carbonyl (C=O) groups is 1. The van der Waals surface area contributed by atoms with E-state index in [9.17, 15) is 4.79 Å².